The molecule has 1 saturated heterocycles. The smallest absolute Gasteiger partial charge is 0.321 e. The highest BCUT2D eigenvalue weighted by Gasteiger charge is 2.25. The molecule has 2 rings (SSSR count). The van der Waals surface area contributed by atoms with Crippen LogP contribution >= 0.6 is 0 Å². The number of aliphatic hydroxyl groups excluding tert-OH is 1. The molecule has 0 saturated carbocycles. The zero-order valence-electron chi connectivity index (χ0n) is 15.2. The lowest BCUT2D eigenvalue weighted by Crippen LogP contribution is -2.47. The third-order valence-corrected chi connectivity index (χ3v) is 4.87. The van der Waals surface area contributed by atoms with Crippen molar-refractivity contribution in [2.45, 2.75) is 45.1 Å². The van der Waals surface area contributed by atoms with Gasteiger partial charge in [-0.15, -0.1) is 0 Å². The van der Waals surface area contributed by atoms with Gasteiger partial charge in [-0.1, -0.05) is 26.0 Å². The Balaban J connectivity index is 1.80. The van der Waals surface area contributed by atoms with E-state index in [9.17, 15) is 4.79 Å². The molecule has 2 N–H and O–H groups in total. The highest BCUT2D eigenvalue weighted by molar-refractivity contribution is 5.89. The number of aliphatic hydroxyl groups is 1. The molecule has 1 aromatic carbocycles. The van der Waals surface area contributed by atoms with Crippen LogP contribution in [0, 0.1) is 0 Å². The Hall–Kier alpha value is -1.59. The summed E-state index contributed by atoms with van der Waals surface area (Å²) < 4.78 is 0. The number of nitrogens with one attached hydrogen (secondary N) is 1. The first-order valence-corrected chi connectivity index (χ1v) is 8.98. The van der Waals surface area contributed by atoms with Gasteiger partial charge < -0.3 is 20.2 Å². The molecule has 0 spiro atoms. The van der Waals surface area contributed by atoms with Crippen molar-refractivity contribution in [1.29, 1.82) is 0 Å². The highest BCUT2D eigenvalue weighted by atomic mass is 16.3. The van der Waals surface area contributed by atoms with Crippen molar-refractivity contribution < 1.29 is 9.90 Å². The number of amides is 2. The molecule has 1 aliphatic heterocycles. The van der Waals surface area contributed by atoms with Crippen molar-refractivity contribution >= 4 is 11.7 Å². The van der Waals surface area contributed by atoms with Crippen LogP contribution in [0.5, 0.6) is 0 Å². The summed E-state index contributed by atoms with van der Waals surface area (Å²) in [7, 11) is 2.10. The number of benzene rings is 1. The first-order chi connectivity index (χ1) is 11.5. The number of likely N-dealkylation sites (tertiary alicyclic amines) is 1. The van der Waals surface area contributed by atoms with E-state index >= 15 is 0 Å². The maximum Gasteiger partial charge on any atom is 0.321 e. The summed E-state index contributed by atoms with van der Waals surface area (Å²) in [5, 5.41) is 11.9. The van der Waals surface area contributed by atoms with Gasteiger partial charge in [-0.3, -0.25) is 0 Å². The molecule has 0 aliphatic carbocycles. The first kappa shape index (κ1) is 18.7. The number of urea groups is 1. The van der Waals surface area contributed by atoms with Gasteiger partial charge in [-0.05, 0) is 49.9 Å². The van der Waals surface area contributed by atoms with Crippen LogP contribution in [0.1, 0.15) is 44.6 Å². The zero-order chi connectivity index (χ0) is 17.5. The second-order valence-electron chi connectivity index (χ2n) is 6.98. The van der Waals surface area contributed by atoms with E-state index in [0.717, 1.165) is 44.6 Å². The monoisotopic (exact) mass is 333 g/mol. The molecule has 0 aromatic heterocycles. The van der Waals surface area contributed by atoms with Crippen molar-refractivity contribution in [3.05, 3.63) is 29.8 Å². The normalized spacial score (nSPS) is 16.0. The lowest BCUT2D eigenvalue weighted by atomic mass is 10.0. The van der Waals surface area contributed by atoms with Crippen molar-refractivity contribution in [3.63, 3.8) is 0 Å². The number of hydrogen-bond donors (Lipinski definition) is 2. The molecule has 0 atom stereocenters. The Morgan fingerprint density at radius 3 is 2.46 bits per heavy atom. The molecule has 5 nitrogen and oxygen atoms in total. The van der Waals surface area contributed by atoms with Gasteiger partial charge >= 0.3 is 6.03 Å². The third kappa shape index (κ3) is 5.21. The van der Waals surface area contributed by atoms with Crippen molar-refractivity contribution in [2.75, 3.05) is 38.6 Å². The summed E-state index contributed by atoms with van der Waals surface area (Å²) >= 11 is 0. The fourth-order valence-corrected chi connectivity index (χ4v) is 3.17. The number of piperidine rings is 1. The Morgan fingerprint density at radius 1 is 1.29 bits per heavy atom. The molecule has 0 bridgehead atoms. The number of carbonyl (C=O) groups is 1. The van der Waals surface area contributed by atoms with Crippen molar-refractivity contribution in [2.24, 2.45) is 0 Å². The van der Waals surface area contributed by atoms with Crippen LogP contribution in [0.4, 0.5) is 10.5 Å². The summed E-state index contributed by atoms with van der Waals surface area (Å²) in [4.78, 5) is 16.6. The molecule has 1 aromatic rings. The lowest BCUT2D eigenvalue weighted by molar-refractivity contribution is 0.134. The predicted molar refractivity (Wildman–Crippen MR) is 98.5 cm³/mol. The largest absolute Gasteiger partial charge is 0.396 e. The van der Waals surface area contributed by atoms with E-state index in [1.165, 1.54) is 5.56 Å². The lowest BCUT2D eigenvalue weighted by Gasteiger charge is -2.36. The van der Waals surface area contributed by atoms with E-state index in [4.69, 9.17) is 5.11 Å². The minimum absolute atomic E-state index is 0.0104. The van der Waals surface area contributed by atoms with Crippen molar-refractivity contribution in [3.8, 4) is 0 Å². The number of carbonyl (C=O) groups excluding carboxylic acids is 1. The molecule has 5 heteroatoms. The summed E-state index contributed by atoms with van der Waals surface area (Å²) in [5.41, 5.74) is 2.13. The maximum absolute atomic E-state index is 12.4. The second kappa shape index (κ2) is 9.04. The van der Waals surface area contributed by atoms with E-state index in [2.05, 4.69) is 43.2 Å². The van der Waals surface area contributed by atoms with Gasteiger partial charge in [0.15, 0.2) is 0 Å². The third-order valence-electron chi connectivity index (χ3n) is 4.87. The van der Waals surface area contributed by atoms with Crippen molar-refractivity contribution in [1.82, 2.24) is 9.80 Å². The van der Waals surface area contributed by atoms with Crippen LogP contribution in [-0.4, -0.2) is 60.3 Å². The first-order valence-electron chi connectivity index (χ1n) is 8.98. The Kier molecular flexibility index (Phi) is 7.06. The molecule has 1 heterocycles. The average molecular weight is 333 g/mol. The number of nitrogens with zero attached hydrogens (tertiary/aromatic N) is 2. The molecule has 134 valence electrons. The van der Waals surface area contributed by atoms with E-state index < -0.39 is 0 Å². The van der Waals surface area contributed by atoms with Gasteiger partial charge in [-0.2, -0.15) is 0 Å². The zero-order valence-corrected chi connectivity index (χ0v) is 15.2. The number of hydrogen-bond acceptors (Lipinski definition) is 3. The van der Waals surface area contributed by atoms with Gasteiger partial charge in [-0.25, -0.2) is 4.79 Å². The number of rotatable bonds is 6. The van der Waals surface area contributed by atoms with E-state index in [1.54, 1.807) is 0 Å². The molecule has 0 radical (unpaired) electrons. The quantitative estimate of drug-likeness (QED) is 0.841. The summed E-state index contributed by atoms with van der Waals surface area (Å²) in [6, 6.07) is 8.59. The van der Waals surface area contributed by atoms with Crippen LogP contribution in [0.25, 0.3) is 0 Å². The topological polar surface area (TPSA) is 55.8 Å². The van der Waals surface area contributed by atoms with E-state index in [0.29, 0.717) is 12.0 Å². The fourth-order valence-electron chi connectivity index (χ4n) is 3.17. The van der Waals surface area contributed by atoms with Gasteiger partial charge in [0.1, 0.15) is 0 Å². The summed E-state index contributed by atoms with van der Waals surface area (Å²) in [5.74, 6) is 0.497. The molecule has 1 aliphatic rings. The summed E-state index contributed by atoms with van der Waals surface area (Å²) in [6.07, 6.45) is 2.78. The fraction of sp³-hybridized carbons (Fsp3) is 0.632. The molecular weight excluding hydrogens is 302 g/mol. The minimum atomic E-state index is -0.0104. The Bertz CT molecular complexity index is 508. The van der Waals surface area contributed by atoms with Gasteiger partial charge in [0.2, 0.25) is 0 Å². The van der Waals surface area contributed by atoms with Gasteiger partial charge in [0, 0.05) is 38.0 Å². The molecular formula is C19H31N3O2. The summed E-state index contributed by atoms with van der Waals surface area (Å²) in [6.45, 7) is 7.04. The molecule has 0 unspecified atom stereocenters. The standard InChI is InChI=1S/C19H31N3O2/c1-15(2)16-5-7-17(8-6-16)20-19(24)22-12-9-18(10-13-22)21(3)11-4-14-23/h5-8,15,18,23H,4,9-14H2,1-3H3,(H,20,24). The molecule has 1 fully saturated rings. The maximum atomic E-state index is 12.4. The van der Waals surface area contributed by atoms with Crippen LogP contribution in [0.3, 0.4) is 0 Å². The van der Waals surface area contributed by atoms with Crippen LogP contribution in [-0.2, 0) is 0 Å². The predicted octanol–water partition coefficient (Wildman–Crippen LogP) is 3.12. The Labute approximate surface area is 145 Å². The second-order valence-corrected chi connectivity index (χ2v) is 6.98. The molecule has 24 heavy (non-hydrogen) atoms. The van der Waals surface area contributed by atoms with E-state index in [-0.39, 0.29) is 12.6 Å². The Morgan fingerprint density at radius 2 is 1.92 bits per heavy atom. The highest BCUT2D eigenvalue weighted by Crippen LogP contribution is 2.19. The van der Waals surface area contributed by atoms with Gasteiger partial charge in [0.05, 0.1) is 0 Å². The van der Waals surface area contributed by atoms with E-state index in [1.807, 2.05) is 17.0 Å². The average Bonchev–Trinajstić information content (AvgIpc) is 2.60. The van der Waals surface area contributed by atoms with Crippen LogP contribution in [0.15, 0.2) is 24.3 Å². The van der Waals surface area contributed by atoms with Gasteiger partial charge in [0.25, 0.3) is 0 Å². The van der Waals surface area contributed by atoms with Crippen LogP contribution in [0.2, 0.25) is 0 Å². The molecule has 2 amide bonds. The minimum Gasteiger partial charge on any atom is -0.396 e. The SMILES string of the molecule is CC(C)c1ccc(NC(=O)N2CCC(N(C)CCCO)CC2)cc1. The number of anilines is 1. The van der Waals surface area contributed by atoms with Crippen LogP contribution < -0.4 is 5.32 Å².